The monoisotopic (exact) mass is 271 g/mol. The van der Waals surface area contributed by atoms with Crippen molar-refractivity contribution in [2.75, 3.05) is 13.2 Å². The van der Waals surface area contributed by atoms with E-state index in [2.05, 4.69) is 35.0 Å². The number of benzene rings is 1. The topological polar surface area (TPSA) is 35.2 Å². The molecule has 0 aliphatic carbocycles. The lowest BCUT2D eigenvalue weighted by molar-refractivity contribution is 0.334. The standard InChI is InChI=1S/C12H18BrNO/c1-3-15-12-10(5-4-6-14)7-9(2)8-11(12)13/h7-8H,3-6,14H2,1-2H3. The van der Waals surface area contributed by atoms with Crippen molar-refractivity contribution in [3.05, 3.63) is 27.7 Å². The maximum absolute atomic E-state index is 5.63. The maximum atomic E-state index is 5.63. The Morgan fingerprint density at radius 3 is 2.73 bits per heavy atom. The highest BCUT2D eigenvalue weighted by Crippen LogP contribution is 2.31. The molecule has 0 amide bonds. The summed E-state index contributed by atoms with van der Waals surface area (Å²) in [5, 5.41) is 0. The minimum Gasteiger partial charge on any atom is -0.492 e. The molecule has 0 aliphatic heterocycles. The van der Waals surface area contributed by atoms with Crippen molar-refractivity contribution in [2.24, 2.45) is 5.73 Å². The molecule has 0 bridgehead atoms. The quantitative estimate of drug-likeness (QED) is 0.894. The molecule has 0 aromatic heterocycles. The van der Waals surface area contributed by atoms with Gasteiger partial charge in [0.05, 0.1) is 11.1 Å². The number of ether oxygens (including phenoxy) is 1. The van der Waals surface area contributed by atoms with Crippen molar-refractivity contribution in [1.29, 1.82) is 0 Å². The van der Waals surface area contributed by atoms with Crippen LogP contribution in [0.4, 0.5) is 0 Å². The Hall–Kier alpha value is -0.540. The number of halogens is 1. The van der Waals surface area contributed by atoms with Gasteiger partial charge in [0.1, 0.15) is 5.75 Å². The highest BCUT2D eigenvalue weighted by atomic mass is 79.9. The highest BCUT2D eigenvalue weighted by molar-refractivity contribution is 9.10. The summed E-state index contributed by atoms with van der Waals surface area (Å²) < 4.78 is 6.67. The molecule has 0 spiro atoms. The zero-order valence-electron chi connectivity index (χ0n) is 9.35. The van der Waals surface area contributed by atoms with Crippen LogP contribution in [0.25, 0.3) is 0 Å². The van der Waals surface area contributed by atoms with E-state index in [0.29, 0.717) is 6.61 Å². The number of aryl methyl sites for hydroxylation is 2. The molecule has 0 saturated carbocycles. The molecule has 0 unspecified atom stereocenters. The van der Waals surface area contributed by atoms with Crippen LogP contribution < -0.4 is 10.5 Å². The molecule has 0 saturated heterocycles. The van der Waals surface area contributed by atoms with Gasteiger partial charge in [-0.2, -0.15) is 0 Å². The van der Waals surface area contributed by atoms with Crippen LogP contribution in [0.15, 0.2) is 16.6 Å². The van der Waals surface area contributed by atoms with Crippen molar-refractivity contribution in [3.8, 4) is 5.75 Å². The fourth-order valence-corrected chi connectivity index (χ4v) is 2.32. The minimum atomic E-state index is 0.692. The summed E-state index contributed by atoms with van der Waals surface area (Å²) in [4.78, 5) is 0. The van der Waals surface area contributed by atoms with Gasteiger partial charge >= 0.3 is 0 Å². The molecule has 0 atom stereocenters. The van der Waals surface area contributed by atoms with E-state index >= 15 is 0 Å². The molecular weight excluding hydrogens is 254 g/mol. The van der Waals surface area contributed by atoms with Crippen LogP contribution in [0.5, 0.6) is 5.75 Å². The van der Waals surface area contributed by atoms with Gasteiger partial charge < -0.3 is 10.5 Å². The molecule has 1 rings (SSSR count). The minimum absolute atomic E-state index is 0.692. The first-order valence-electron chi connectivity index (χ1n) is 5.31. The van der Waals surface area contributed by atoms with Crippen molar-refractivity contribution in [2.45, 2.75) is 26.7 Å². The molecule has 84 valence electrons. The van der Waals surface area contributed by atoms with Crippen LogP contribution >= 0.6 is 15.9 Å². The average molecular weight is 272 g/mol. The molecule has 15 heavy (non-hydrogen) atoms. The van der Waals surface area contributed by atoms with Gasteiger partial charge in [0.25, 0.3) is 0 Å². The van der Waals surface area contributed by atoms with Gasteiger partial charge in [-0.3, -0.25) is 0 Å². The molecule has 0 aliphatic rings. The second-order valence-electron chi connectivity index (χ2n) is 3.56. The van der Waals surface area contributed by atoms with Gasteiger partial charge in [-0.15, -0.1) is 0 Å². The first kappa shape index (κ1) is 12.5. The van der Waals surface area contributed by atoms with E-state index in [1.54, 1.807) is 0 Å². The maximum Gasteiger partial charge on any atom is 0.136 e. The van der Waals surface area contributed by atoms with Crippen LogP contribution in [0.2, 0.25) is 0 Å². The zero-order valence-corrected chi connectivity index (χ0v) is 10.9. The fraction of sp³-hybridized carbons (Fsp3) is 0.500. The highest BCUT2D eigenvalue weighted by Gasteiger charge is 2.08. The Morgan fingerprint density at radius 1 is 1.40 bits per heavy atom. The van der Waals surface area contributed by atoms with Gasteiger partial charge in [-0.25, -0.2) is 0 Å². The summed E-state index contributed by atoms with van der Waals surface area (Å²) in [5.74, 6) is 0.969. The zero-order chi connectivity index (χ0) is 11.3. The molecule has 2 nitrogen and oxygen atoms in total. The third-order valence-electron chi connectivity index (χ3n) is 2.20. The van der Waals surface area contributed by atoms with Crippen LogP contribution in [0, 0.1) is 6.92 Å². The third-order valence-corrected chi connectivity index (χ3v) is 2.79. The Labute approximate surface area is 99.9 Å². The van der Waals surface area contributed by atoms with Gasteiger partial charge in [-0.1, -0.05) is 6.07 Å². The van der Waals surface area contributed by atoms with E-state index in [1.807, 2.05) is 6.92 Å². The molecule has 1 aromatic carbocycles. The van der Waals surface area contributed by atoms with Crippen LogP contribution in [-0.2, 0) is 6.42 Å². The SMILES string of the molecule is CCOc1c(Br)cc(C)cc1CCCN. The Balaban J connectivity index is 2.97. The van der Waals surface area contributed by atoms with Gasteiger partial charge in [-0.05, 0) is 66.4 Å². The molecule has 1 aromatic rings. The molecule has 0 fully saturated rings. The lowest BCUT2D eigenvalue weighted by Crippen LogP contribution is -2.03. The molecular formula is C12H18BrNO. The van der Waals surface area contributed by atoms with Crippen molar-refractivity contribution >= 4 is 15.9 Å². The van der Waals surface area contributed by atoms with E-state index in [1.165, 1.54) is 11.1 Å². The Bertz CT molecular complexity index is 326. The normalized spacial score (nSPS) is 10.4. The van der Waals surface area contributed by atoms with Crippen LogP contribution in [0.1, 0.15) is 24.5 Å². The summed E-state index contributed by atoms with van der Waals surface area (Å²) in [6.45, 7) is 5.50. The van der Waals surface area contributed by atoms with E-state index < -0.39 is 0 Å². The van der Waals surface area contributed by atoms with Crippen molar-refractivity contribution in [1.82, 2.24) is 0 Å². The number of hydrogen-bond donors (Lipinski definition) is 1. The Morgan fingerprint density at radius 2 is 2.13 bits per heavy atom. The number of rotatable bonds is 5. The summed E-state index contributed by atoms with van der Waals surface area (Å²) in [5.41, 5.74) is 8.02. The van der Waals surface area contributed by atoms with E-state index in [4.69, 9.17) is 10.5 Å². The summed E-state index contributed by atoms with van der Waals surface area (Å²) >= 11 is 3.53. The lowest BCUT2D eigenvalue weighted by Gasteiger charge is -2.13. The molecule has 0 radical (unpaired) electrons. The number of nitrogens with two attached hydrogens (primary N) is 1. The predicted molar refractivity (Wildman–Crippen MR) is 67.4 cm³/mol. The summed E-state index contributed by atoms with van der Waals surface area (Å²) in [7, 11) is 0. The Kier molecular flexibility index (Phi) is 5.12. The fourth-order valence-electron chi connectivity index (χ4n) is 1.59. The molecule has 0 heterocycles. The smallest absolute Gasteiger partial charge is 0.136 e. The van der Waals surface area contributed by atoms with Crippen molar-refractivity contribution < 1.29 is 4.74 Å². The molecule has 3 heteroatoms. The summed E-state index contributed by atoms with van der Waals surface area (Å²) in [6.07, 6.45) is 1.97. The van der Waals surface area contributed by atoms with E-state index in [9.17, 15) is 0 Å². The predicted octanol–water partition coefficient (Wildman–Crippen LogP) is 3.05. The van der Waals surface area contributed by atoms with Crippen LogP contribution in [-0.4, -0.2) is 13.2 Å². The van der Waals surface area contributed by atoms with E-state index in [0.717, 1.165) is 29.6 Å². The largest absolute Gasteiger partial charge is 0.492 e. The average Bonchev–Trinajstić information content (AvgIpc) is 2.19. The molecule has 2 N–H and O–H groups in total. The van der Waals surface area contributed by atoms with Gasteiger partial charge in [0.2, 0.25) is 0 Å². The summed E-state index contributed by atoms with van der Waals surface area (Å²) in [6, 6.07) is 4.25. The second-order valence-corrected chi connectivity index (χ2v) is 4.41. The lowest BCUT2D eigenvalue weighted by atomic mass is 10.1. The first-order valence-corrected chi connectivity index (χ1v) is 6.10. The van der Waals surface area contributed by atoms with Gasteiger partial charge in [0, 0.05) is 0 Å². The number of hydrogen-bond acceptors (Lipinski definition) is 2. The van der Waals surface area contributed by atoms with Gasteiger partial charge in [0.15, 0.2) is 0 Å². The van der Waals surface area contributed by atoms with Crippen LogP contribution in [0.3, 0.4) is 0 Å². The third kappa shape index (κ3) is 3.50. The first-order chi connectivity index (χ1) is 7.19. The van der Waals surface area contributed by atoms with E-state index in [-0.39, 0.29) is 0 Å². The second kappa shape index (κ2) is 6.13. The van der Waals surface area contributed by atoms with Crippen molar-refractivity contribution in [3.63, 3.8) is 0 Å².